The third-order valence-electron chi connectivity index (χ3n) is 6.13. The van der Waals surface area contributed by atoms with Crippen LogP contribution in [0.1, 0.15) is 15.9 Å². The summed E-state index contributed by atoms with van der Waals surface area (Å²) in [6.45, 7) is 1.04. The van der Waals surface area contributed by atoms with Gasteiger partial charge < -0.3 is 20.1 Å². The second-order valence-electron chi connectivity index (χ2n) is 8.74. The minimum atomic E-state index is -0.989. The van der Waals surface area contributed by atoms with Crippen LogP contribution in [0.15, 0.2) is 91.3 Å². The Bertz CT molecular complexity index is 1420. The van der Waals surface area contributed by atoms with Crippen molar-refractivity contribution in [3.8, 4) is 16.9 Å². The van der Waals surface area contributed by atoms with Gasteiger partial charge in [-0.3, -0.25) is 9.78 Å². The summed E-state index contributed by atoms with van der Waals surface area (Å²) in [5.74, 6) is -1.56. The molecule has 2 heterocycles. The number of nitrogens with zero attached hydrogens (tertiary/aromatic N) is 2. The first-order chi connectivity index (χ1) is 18.0. The Balaban J connectivity index is 1.23. The van der Waals surface area contributed by atoms with Crippen molar-refractivity contribution in [1.29, 1.82) is 0 Å². The number of anilines is 2. The van der Waals surface area contributed by atoms with Crippen LogP contribution in [0.2, 0.25) is 0 Å². The number of carbonyl (C=O) groups is 2. The number of carbonyl (C=O) groups excluding carboxylic acids is 1. The first-order valence-corrected chi connectivity index (χ1v) is 11.8. The van der Waals surface area contributed by atoms with Crippen LogP contribution < -0.4 is 15.0 Å². The van der Waals surface area contributed by atoms with Crippen LogP contribution in [0.3, 0.4) is 0 Å². The summed E-state index contributed by atoms with van der Waals surface area (Å²) in [6, 6.07) is 22.5. The van der Waals surface area contributed by atoms with Gasteiger partial charge in [-0.05, 0) is 41.5 Å². The smallest absolute Gasteiger partial charge is 0.336 e. The number of aromatic carboxylic acids is 1. The molecule has 3 aromatic carbocycles. The SMILES string of the molecule is O=C(Cc1cccnc1)Nc1ccc(OC2CN(c3cccc(C(=O)O)c3-c3ccccc3)C2)cc1F. The number of carboxylic acid groups (broad SMARTS) is 1. The van der Waals surface area contributed by atoms with E-state index in [2.05, 4.69) is 10.3 Å². The van der Waals surface area contributed by atoms with Crippen LogP contribution in [0, 0.1) is 5.82 Å². The number of hydrogen-bond acceptors (Lipinski definition) is 5. The zero-order valence-corrected chi connectivity index (χ0v) is 19.8. The molecule has 186 valence electrons. The van der Waals surface area contributed by atoms with Gasteiger partial charge in [-0.1, -0.05) is 42.5 Å². The van der Waals surface area contributed by atoms with Crippen molar-refractivity contribution in [3.63, 3.8) is 0 Å². The average Bonchev–Trinajstić information content (AvgIpc) is 2.88. The molecule has 2 N–H and O–H groups in total. The molecule has 1 aromatic heterocycles. The summed E-state index contributed by atoms with van der Waals surface area (Å²) in [5.41, 5.74) is 3.34. The Kier molecular flexibility index (Phi) is 6.81. The van der Waals surface area contributed by atoms with Crippen LogP contribution in [0.4, 0.5) is 15.8 Å². The van der Waals surface area contributed by atoms with E-state index in [1.165, 1.54) is 12.1 Å². The van der Waals surface area contributed by atoms with Gasteiger partial charge in [0.15, 0.2) is 0 Å². The number of halogens is 1. The van der Waals surface area contributed by atoms with Crippen molar-refractivity contribution in [1.82, 2.24) is 4.98 Å². The van der Waals surface area contributed by atoms with Gasteiger partial charge in [0.25, 0.3) is 0 Å². The van der Waals surface area contributed by atoms with Crippen LogP contribution in [0.5, 0.6) is 5.75 Å². The van der Waals surface area contributed by atoms with Crippen LogP contribution in [-0.2, 0) is 11.2 Å². The maximum Gasteiger partial charge on any atom is 0.336 e. The van der Waals surface area contributed by atoms with Gasteiger partial charge in [-0.2, -0.15) is 0 Å². The van der Waals surface area contributed by atoms with E-state index in [0.29, 0.717) is 24.4 Å². The topological polar surface area (TPSA) is 91.8 Å². The summed E-state index contributed by atoms with van der Waals surface area (Å²) < 4.78 is 20.6. The number of nitrogens with one attached hydrogen (secondary N) is 1. The summed E-state index contributed by atoms with van der Waals surface area (Å²) in [4.78, 5) is 30.1. The highest BCUT2D eigenvalue weighted by Gasteiger charge is 2.32. The number of rotatable bonds is 8. The third-order valence-corrected chi connectivity index (χ3v) is 6.13. The molecule has 0 radical (unpaired) electrons. The van der Waals surface area contributed by atoms with E-state index in [9.17, 15) is 19.1 Å². The predicted octanol–water partition coefficient (Wildman–Crippen LogP) is 5.03. The normalized spacial score (nSPS) is 13.1. The molecule has 8 heteroatoms. The lowest BCUT2D eigenvalue weighted by Gasteiger charge is -2.41. The molecular weight excluding hydrogens is 473 g/mol. The molecule has 0 atom stereocenters. The van der Waals surface area contributed by atoms with Crippen molar-refractivity contribution in [2.45, 2.75) is 12.5 Å². The van der Waals surface area contributed by atoms with Crippen molar-refractivity contribution in [2.24, 2.45) is 0 Å². The molecule has 1 aliphatic heterocycles. The first-order valence-electron chi connectivity index (χ1n) is 11.8. The van der Waals surface area contributed by atoms with Gasteiger partial charge in [-0.25, -0.2) is 9.18 Å². The molecule has 4 aromatic rings. The Morgan fingerprint density at radius 2 is 1.84 bits per heavy atom. The molecule has 1 amide bonds. The van der Waals surface area contributed by atoms with Crippen molar-refractivity contribution in [2.75, 3.05) is 23.3 Å². The molecule has 0 spiro atoms. The fourth-order valence-electron chi connectivity index (χ4n) is 4.34. The molecule has 7 nitrogen and oxygen atoms in total. The number of carboxylic acids is 1. The molecule has 1 fully saturated rings. The van der Waals surface area contributed by atoms with E-state index in [0.717, 1.165) is 16.8 Å². The minimum absolute atomic E-state index is 0.0782. The number of ether oxygens (including phenoxy) is 1. The second-order valence-corrected chi connectivity index (χ2v) is 8.74. The molecule has 0 aliphatic carbocycles. The predicted molar refractivity (Wildman–Crippen MR) is 138 cm³/mol. The lowest BCUT2D eigenvalue weighted by Crippen LogP contribution is -2.54. The molecule has 1 aliphatic rings. The Morgan fingerprint density at radius 1 is 1.03 bits per heavy atom. The van der Waals surface area contributed by atoms with Crippen molar-refractivity contribution in [3.05, 3.63) is 108 Å². The lowest BCUT2D eigenvalue weighted by atomic mass is 9.95. The van der Waals surface area contributed by atoms with E-state index in [-0.39, 0.29) is 29.7 Å². The summed E-state index contributed by atoms with van der Waals surface area (Å²) >= 11 is 0. The van der Waals surface area contributed by atoms with Gasteiger partial charge in [0.05, 0.1) is 30.8 Å². The number of aromatic nitrogens is 1. The maximum absolute atomic E-state index is 14.7. The number of pyridine rings is 1. The van der Waals surface area contributed by atoms with E-state index >= 15 is 0 Å². The largest absolute Gasteiger partial charge is 0.487 e. The van der Waals surface area contributed by atoms with E-state index in [4.69, 9.17) is 4.74 Å². The van der Waals surface area contributed by atoms with Gasteiger partial charge >= 0.3 is 5.97 Å². The van der Waals surface area contributed by atoms with Gasteiger partial charge in [0, 0.05) is 29.7 Å². The monoisotopic (exact) mass is 497 g/mol. The molecule has 1 saturated heterocycles. The van der Waals surface area contributed by atoms with E-state index < -0.39 is 11.8 Å². The van der Waals surface area contributed by atoms with Crippen molar-refractivity contribution >= 4 is 23.3 Å². The van der Waals surface area contributed by atoms with E-state index in [1.54, 1.807) is 42.7 Å². The minimum Gasteiger partial charge on any atom is -0.487 e. The lowest BCUT2D eigenvalue weighted by molar-refractivity contribution is -0.115. The zero-order valence-electron chi connectivity index (χ0n) is 19.8. The summed E-state index contributed by atoms with van der Waals surface area (Å²) in [7, 11) is 0. The molecule has 0 bridgehead atoms. The van der Waals surface area contributed by atoms with Crippen LogP contribution >= 0.6 is 0 Å². The second kappa shape index (κ2) is 10.5. The van der Waals surface area contributed by atoms with Gasteiger partial charge in [-0.15, -0.1) is 0 Å². The van der Waals surface area contributed by atoms with Gasteiger partial charge in [0.1, 0.15) is 17.7 Å². The maximum atomic E-state index is 14.7. The Morgan fingerprint density at radius 3 is 2.54 bits per heavy atom. The molecule has 5 rings (SSSR count). The first kappa shape index (κ1) is 24.0. The third kappa shape index (κ3) is 5.43. The Labute approximate surface area is 213 Å². The molecule has 0 saturated carbocycles. The number of hydrogen-bond donors (Lipinski definition) is 2. The fourth-order valence-corrected chi connectivity index (χ4v) is 4.34. The van der Waals surface area contributed by atoms with Crippen LogP contribution in [-0.4, -0.2) is 41.2 Å². The standard InChI is InChI=1S/C29H24FN3O4/c30-24-15-21(11-12-25(24)32-27(34)14-19-6-5-13-31-16-19)37-22-17-33(18-22)26-10-4-9-23(29(35)36)28(26)20-7-2-1-3-8-20/h1-13,15-16,22H,14,17-18H2,(H,32,34)(H,35,36). The molecule has 37 heavy (non-hydrogen) atoms. The Hall–Kier alpha value is -4.72. The van der Waals surface area contributed by atoms with Gasteiger partial charge in [0.2, 0.25) is 5.91 Å². The highest BCUT2D eigenvalue weighted by molar-refractivity contribution is 6.00. The molecular formula is C29H24FN3O4. The highest BCUT2D eigenvalue weighted by Crippen LogP contribution is 2.37. The van der Waals surface area contributed by atoms with Crippen molar-refractivity contribution < 1.29 is 23.8 Å². The fraction of sp³-hybridized carbons (Fsp3) is 0.138. The summed E-state index contributed by atoms with van der Waals surface area (Å²) in [5, 5.41) is 12.3. The molecule has 0 unspecified atom stereocenters. The number of benzene rings is 3. The number of amides is 1. The van der Waals surface area contributed by atoms with Crippen LogP contribution in [0.25, 0.3) is 11.1 Å². The highest BCUT2D eigenvalue weighted by atomic mass is 19.1. The average molecular weight is 498 g/mol. The quantitative estimate of drug-likeness (QED) is 0.355. The zero-order chi connectivity index (χ0) is 25.8. The van der Waals surface area contributed by atoms with E-state index in [1.807, 2.05) is 41.3 Å². The summed E-state index contributed by atoms with van der Waals surface area (Å²) in [6.07, 6.45) is 3.12.